The Kier molecular flexibility index (Phi) is 3.12. The molecule has 98 valence electrons. The van der Waals surface area contributed by atoms with E-state index in [0.29, 0.717) is 6.42 Å². The second-order valence-electron chi connectivity index (χ2n) is 4.61. The van der Waals surface area contributed by atoms with Crippen LogP contribution in [0.1, 0.15) is 30.8 Å². The fraction of sp³-hybridized carbons (Fsp3) is 0.267. The molecular weight excluding hydrogens is 256 g/mol. The second-order valence-corrected chi connectivity index (χ2v) is 5.56. The van der Waals surface area contributed by atoms with Gasteiger partial charge in [0.1, 0.15) is 11.3 Å². The van der Waals surface area contributed by atoms with E-state index in [-0.39, 0.29) is 0 Å². The van der Waals surface area contributed by atoms with E-state index in [0.717, 1.165) is 27.6 Å². The molecule has 0 bridgehead atoms. The lowest BCUT2D eigenvalue weighted by atomic mass is 10.1. The van der Waals surface area contributed by atoms with E-state index in [1.165, 1.54) is 0 Å². The maximum Gasteiger partial charge on any atom is 0.138 e. The molecule has 3 aromatic heterocycles. The number of hydrogen-bond donors (Lipinski definition) is 1. The van der Waals surface area contributed by atoms with Gasteiger partial charge in [-0.1, -0.05) is 19.1 Å². The quantitative estimate of drug-likeness (QED) is 0.787. The topological polar surface area (TPSA) is 37.5 Å². The number of nitrogens with zero attached hydrogens (tertiary/aromatic N) is 2. The molecule has 1 atom stereocenters. The number of hydrogen-bond acceptors (Lipinski definition) is 3. The van der Waals surface area contributed by atoms with Crippen molar-refractivity contribution in [2.24, 2.45) is 0 Å². The molecule has 0 saturated carbocycles. The van der Waals surface area contributed by atoms with Crippen molar-refractivity contribution in [3.05, 3.63) is 47.1 Å². The molecule has 0 fully saturated rings. The molecule has 1 N–H and O–H groups in total. The summed E-state index contributed by atoms with van der Waals surface area (Å²) in [5.41, 5.74) is 3.79. The SMILES string of the molecule is CCC(O)c1c(-c2cccs2)nc2cccc(C)n12. The standard InChI is InChI=1S/C15H16N2OS/c1-3-11(18)15-14(12-7-5-9-19-12)16-13-8-4-6-10(2)17(13)15/h4-9,11,18H,3H2,1-2H3. The molecule has 19 heavy (non-hydrogen) atoms. The highest BCUT2D eigenvalue weighted by Gasteiger charge is 2.20. The summed E-state index contributed by atoms with van der Waals surface area (Å²) in [5.74, 6) is 0. The molecule has 0 radical (unpaired) electrons. The van der Waals surface area contributed by atoms with Gasteiger partial charge in [-0.25, -0.2) is 4.98 Å². The van der Waals surface area contributed by atoms with Crippen molar-refractivity contribution in [3.8, 4) is 10.6 Å². The van der Waals surface area contributed by atoms with Gasteiger partial charge in [0.15, 0.2) is 0 Å². The summed E-state index contributed by atoms with van der Waals surface area (Å²) in [6.45, 7) is 4.03. The zero-order chi connectivity index (χ0) is 13.4. The van der Waals surface area contributed by atoms with Crippen molar-refractivity contribution >= 4 is 17.0 Å². The van der Waals surface area contributed by atoms with Gasteiger partial charge in [-0.15, -0.1) is 11.3 Å². The van der Waals surface area contributed by atoms with Gasteiger partial charge in [-0.3, -0.25) is 4.40 Å². The molecule has 0 spiro atoms. The third-order valence-electron chi connectivity index (χ3n) is 3.33. The molecule has 3 heterocycles. The van der Waals surface area contributed by atoms with E-state index in [9.17, 15) is 5.11 Å². The van der Waals surface area contributed by atoms with Gasteiger partial charge in [0, 0.05) is 5.69 Å². The largest absolute Gasteiger partial charge is 0.387 e. The zero-order valence-electron chi connectivity index (χ0n) is 11.0. The van der Waals surface area contributed by atoms with Gasteiger partial charge < -0.3 is 5.11 Å². The number of imidazole rings is 1. The lowest BCUT2D eigenvalue weighted by Gasteiger charge is -2.11. The average Bonchev–Trinajstić information content (AvgIpc) is 3.04. The maximum atomic E-state index is 10.4. The van der Waals surface area contributed by atoms with Gasteiger partial charge in [0.25, 0.3) is 0 Å². The number of aliphatic hydroxyl groups is 1. The monoisotopic (exact) mass is 272 g/mol. The Bertz CT molecular complexity index is 700. The second kappa shape index (κ2) is 4.79. The fourth-order valence-corrected chi connectivity index (χ4v) is 3.10. The van der Waals surface area contributed by atoms with Crippen molar-refractivity contribution in [2.75, 3.05) is 0 Å². The van der Waals surface area contributed by atoms with Crippen LogP contribution in [0.4, 0.5) is 0 Å². The summed E-state index contributed by atoms with van der Waals surface area (Å²) in [6, 6.07) is 10.1. The minimum atomic E-state index is -0.492. The van der Waals surface area contributed by atoms with Crippen molar-refractivity contribution in [2.45, 2.75) is 26.4 Å². The van der Waals surface area contributed by atoms with E-state index in [2.05, 4.69) is 4.40 Å². The Morgan fingerprint density at radius 1 is 1.32 bits per heavy atom. The smallest absolute Gasteiger partial charge is 0.138 e. The molecule has 0 aliphatic heterocycles. The Morgan fingerprint density at radius 2 is 2.16 bits per heavy atom. The number of aliphatic hydroxyl groups excluding tert-OH is 1. The van der Waals surface area contributed by atoms with Crippen LogP contribution in [-0.4, -0.2) is 14.5 Å². The lowest BCUT2D eigenvalue weighted by Crippen LogP contribution is -2.04. The Hall–Kier alpha value is -1.65. The highest BCUT2D eigenvalue weighted by Crippen LogP contribution is 2.33. The van der Waals surface area contributed by atoms with Gasteiger partial charge >= 0.3 is 0 Å². The summed E-state index contributed by atoms with van der Waals surface area (Å²) in [7, 11) is 0. The Morgan fingerprint density at radius 3 is 2.84 bits per heavy atom. The van der Waals surface area contributed by atoms with Crippen LogP contribution in [0.5, 0.6) is 0 Å². The molecule has 0 saturated heterocycles. The van der Waals surface area contributed by atoms with E-state index in [4.69, 9.17) is 4.98 Å². The van der Waals surface area contributed by atoms with Crippen molar-refractivity contribution < 1.29 is 5.11 Å². The first-order valence-corrected chi connectivity index (χ1v) is 7.30. The highest BCUT2D eigenvalue weighted by atomic mass is 32.1. The van der Waals surface area contributed by atoms with Crippen LogP contribution in [-0.2, 0) is 0 Å². The molecule has 0 aromatic carbocycles. The summed E-state index contributed by atoms with van der Waals surface area (Å²) in [4.78, 5) is 5.80. The zero-order valence-corrected chi connectivity index (χ0v) is 11.8. The summed E-state index contributed by atoms with van der Waals surface area (Å²) in [6.07, 6.45) is 0.189. The summed E-state index contributed by atoms with van der Waals surface area (Å²) in [5, 5.41) is 12.4. The van der Waals surface area contributed by atoms with E-state index >= 15 is 0 Å². The van der Waals surface area contributed by atoms with Crippen LogP contribution in [0.2, 0.25) is 0 Å². The predicted octanol–water partition coefficient (Wildman–Crippen LogP) is 3.81. The van der Waals surface area contributed by atoms with Crippen LogP contribution in [0.25, 0.3) is 16.2 Å². The summed E-state index contributed by atoms with van der Waals surface area (Å²) >= 11 is 1.65. The van der Waals surface area contributed by atoms with Crippen LogP contribution in [0.3, 0.4) is 0 Å². The van der Waals surface area contributed by atoms with Crippen LogP contribution in [0, 0.1) is 6.92 Å². The number of aryl methyl sites for hydroxylation is 1. The molecule has 1 unspecified atom stereocenters. The number of aromatic nitrogens is 2. The van der Waals surface area contributed by atoms with Gasteiger partial charge in [0.05, 0.1) is 16.7 Å². The normalized spacial score (nSPS) is 13.0. The Labute approximate surface area is 116 Å². The molecule has 4 heteroatoms. The molecule has 0 amide bonds. The van der Waals surface area contributed by atoms with Crippen molar-refractivity contribution in [3.63, 3.8) is 0 Å². The number of fused-ring (bicyclic) bond motifs is 1. The number of pyridine rings is 1. The molecule has 3 nitrogen and oxygen atoms in total. The first kappa shape index (κ1) is 12.4. The minimum absolute atomic E-state index is 0.492. The average molecular weight is 272 g/mol. The summed E-state index contributed by atoms with van der Waals surface area (Å²) < 4.78 is 2.06. The minimum Gasteiger partial charge on any atom is -0.387 e. The first-order chi connectivity index (χ1) is 9.22. The van der Waals surface area contributed by atoms with Crippen LogP contribution >= 0.6 is 11.3 Å². The molecular formula is C15H16N2OS. The highest BCUT2D eigenvalue weighted by molar-refractivity contribution is 7.13. The van der Waals surface area contributed by atoms with Gasteiger partial charge in [0.2, 0.25) is 0 Å². The number of thiophene rings is 1. The fourth-order valence-electron chi connectivity index (χ4n) is 2.38. The van der Waals surface area contributed by atoms with E-state index in [1.54, 1.807) is 11.3 Å². The lowest BCUT2D eigenvalue weighted by molar-refractivity contribution is 0.168. The third kappa shape index (κ3) is 1.97. The number of rotatable bonds is 3. The first-order valence-electron chi connectivity index (χ1n) is 6.42. The van der Waals surface area contributed by atoms with Crippen LogP contribution in [0.15, 0.2) is 35.7 Å². The van der Waals surface area contributed by atoms with E-state index in [1.807, 2.05) is 49.6 Å². The molecule has 3 aromatic rings. The molecule has 0 aliphatic rings. The van der Waals surface area contributed by atoms with E-state index < -0.39 is 6.10 Å². The van der Waals surface area contributed by atoms with Crippen molar-refractivity contribution in [1.29, 1.82) is 0 Å². The van der Waals surface area contributed by atoms with Crippen LogP contribution < -0.4 is 0 Å². The maximum absolute atomic E-state index is 10.4. The predicted molar refractivity (Wildman–Crippen MR) is 78.5 cm³/mol. The Balaban J connectivity index is 2.35. The van der Waals surface area contributed by atoms with Gasteiger partial charge in [-0.05, 0) is 36.9 Å². The molecule has 0 aliphatic carbocycles. The third-order valence-corrected chi connectivity index (χ3v) is 4.21. The van der Waals surface area contributed by atoms with Crippen molar-refractivity contribution in [1.82, 2.24) is 9.38 Å². The molecule has 3 rings (SSSR count). The van der Waals surface area contributed by atoms with Gasteiger partial charge in [-0.2, -0.15) is 0 Å².